The number of halogens is 1. The van der Waals surface area contributed by atoms with Gasteiger partial charge < -0.3 is 9.47 Å². The van der Waals surface area contributed by atoms with Gasteiger partial charge >= 0.3 is 12.2 Å². The summed E-state index contributed by atoms with van der Waals surface area (Å²) in [7, 11) is 0. The number of benzene rings is 1. The van der Waals surface area contributed by atoms with Crippen molar-refractivity contribution in [1.29, 1.82) is 0 Å². The minimum Gasteiger partial charge on any atom is -0.443 e. The second-order valence-corrected chi connectivity index (χ2v) is 8.48. The minimum atomic E-state index is -1.09. The van der Waals surface area contributed by atoms with Crippen molar-refractivity contribution in [1.82, 2.24) is 0 Å². The van der Waals surface area contributed by atoms with Crippen LogP contribution in [0.25, 0.3) is 0 Å². The first-order chi connectivity index (χ1) is 12.1. The number of hydrogen-bond donors (Lipinski definition) is 0. The first-order valence-corrected chi connectivity index (χ1v) is 8.72. The zero-order valence-corrected chi connectivity index (χ0v) is 17.2. The number of imide groups is 1. The standard InChI is InChI=1S/C20H28FNO5/c1-12(2)16(23)13-9-10-14(21)15(11-13)22(17(24)26-19(3,4)5)18(25)27-20(6,7)8/h9-12H,1-8H3. The monoisotopic (exact) mass is 381 g/mol. The number of hydrogen-bond acceptors (Lipinski definition) is 5. The van der Waals surface area contributed by atoms with E-state index < -0.39 is 34.9 Å². The van der Waals surface area contributed by atoms with Crippen LogP contribution in [0.5, 0.6) is 0 Å². The number of anilines is 1. The Morgan fingerprint density at radius 3 is 1.74 bits per heavy atom. The van der Waals surface area contributed by atoms with E-state index in [0.717, 1.165) is 12.1 Å². The van der Waals surface area contributed by atoms with Crippen molar-refractivity contribution in [2.45, 2.75) is 66.6 Å². The molecule has 6 nitrogen and oxygen atoms in total. The van der Waals surface area contributed by atoms with Gasteiger partial charge in [-0.15, -0.1) is 0 Å². The predicted molar refractivity (Wildman–Crippen MR) is 101 cm³/mol. The molecule has 0 atom stereocenters. The lowest BCUT2D eigenvalue weighted by Gasteiger charge is -2.29. The van der Waals surface area contributed by atoms with Crippen LogP contribution in [-0.2, 0) is 9.47 Å². The third-order valence-corrected chi connectivity index (χ3v) is 3.15. The maximum absolute atomic E-state index is 14.5. The largest absolute Gasteiger partial charge is 0.443 e. The minimum absolute atomic E-state index is 0.179. The van der Waals surface area contributed by atoms with Crippen LogP contribution < -0.4 is 4.90 Å². The van der Waals surface area contributed by atoms with Crippen LogP contribution in [0, 0.1) is 11.7 Å². The van der Waals surface area contributed by atoms with Gasteiger partial charge in [-0.2, -0.15) is 4.90 Å². The Kier molecular flexibility index (Phi) is 6.75. The van der Waals surface area contributed by atoms with Crippen molar-refractivity contribution in [3.8, 4) is 0 Å². The first kappa shape index (κ1) is 22.6. The van der Waals surface area contributed by atoms with Crippen LogP contribution in [0.3, 0.4) is 0 Å². The molecule has 1 aromatic rings. The van der Waals surface area contributed by atoms with E-state index >= 15 is 0 Å². The molecule has 0 saturated carbocycles. The molecule has 1 rings (SSSR count). The van der Waals surface area contributed by atoms with Gasteiger partial charge in [0.05, 0.1) is 5.69 Å². The summed E-state index contributed by atoms with van der Waals surface area (Å²) in [6.07, 6.45) is -2.19. The van der Waals surface area contributed by atoms with E-state index in [2.05, 4.69) is 0 Å². The third kappa shape index (κ3) is 6.66. The molecule has 0 bridgehead atoms. The van der Waals surface area contributed by atoms with Crippen LogP contribution >= 0.6 is 0 Å². The predicted octanol–water partition coefficient (Wildman–Crippen LogP) is 5.34. The van der Waals surface area contributed by atoms with Crippen LogP contribution in [-0.4, -0.2) is 29.2 Å². The molecule has 0 unspecified atom stereocenters. The lowest BCUT2D eigenvalue weighted by atomic mass is 10.0. The van der Waals surface area contributed by atoms with E-state index in [1.54, 1.807) is 55.4 Å². The topological polar surface area (TPSA) is 72.9 Å². The summed E-state index contributed by atoms with van der Waals surface area (Å²) in [5.74, 6) is -1.43. The maximum Gasteiger partial charge on any atom is 0.424 e. The molecule has 7 heteroatoms. The fourth-order valence-corrected chi connectivity index (χ4v) is 2.06. The molecule has 0 aliphatic heterocycles. The van der Waals surface area contributed by atoms with Gasteiger partial charge in [0.25, 0.3) is 0 Å². The highest BCUT2D eigenvalue weighted by Crippen LogP contribution is 2.26. The Bertz CT molecular complexity index is 701. The van der Waals surface area contributed by atoms with E-state index in [9.17, 15) is 18.8 Å². The normalized spacial score (nSPS) is 11.9. The number of carbonyl (C=O) groups excluding carboxylic acids is 3. The van der Waals surface area contributed by atoms with Crippen molar-refractivity contribution in [2.75, 3.05) is 4.90 Å². The molecular formula is C20H28FNO5. The van der Waals surface area contributed by atoms with Crippen molar-refractivity contribution < 1.29 is 28.2 Å². The number of amides is 2. The molecule has 0 N–H and O–H groups in total. The SMILES string of the molecule is CC(C)C(=O)c1ccc(F)c(N(C(=O)OC(C)(C)C)C(=O)OC(C)(C)C)c1. The lowest BCUT2D eigenvalue weighted by Crippen LogP contribution is -2.44. The highest BCUT2D eigenvalue weighted by molar-refractivity contribution is 6.10. The Morgan fingerprint density at radius 2 is 1.37 bits per heavy atom. The van der Waals surface area contributed by atoms with Gasteiger partial charge in [-0.05, 0) is 59.7 Å². The van der Waals surface area contributed by atoms with E-state index in [1.807, 2.05) is 0 Å². The molecule has 0 radical (unpaired) electrons. The number of ether oxygens (including phenoxy) is 2. The van der Waals surface area contributed by atoms with Crippen LogP contribution in [0.4, 0.5) is 19.7 Å². The zero-order valence-electron chi connectivity index (χ0n) is 17.2. The van der Waals surface area contributed by atoms with E-state index in [0.29, 0.717) is 4.90 Å². The lowest BCUT2D eigenvalue weighted by molar-refractivity contribution is 0.0428. The van der Waals surface area contributed by atoms with E-state index in [1.165, 1.54) is 6.07 Å². The van der Waals surface area contributed by atoms with E-state index in [4.69, 9.17) is 9.47 Å². The fourth-order valence-electron chi connectivity index (χ4n) is 2.06. The molecule has 0 heterocycles. The summed E-state index contributed by atoms with van der Waals surface area (Å²) in [5, 5.41) is 0. The number of ketones is 1. The Balaban J connectivity index is 3.46. The number of Topliss-reactive ketones (excluding diaryl/α,β-unsaturated/α-hetero) is 1. The summed E-state index contributed by atoms with van der Waals surface area (Å²) in [6, 6.07) is 3.50. The summed E-state index contributed by atoms with van der Waals surface area (Å²) >= 11 is 0. The van der Waals surface area contributed by atoms with Crippen molar-refractivity contribution in [3.05, 3.63) is 29.6 Å². The quantitative estimate of drug-likeness (QED) is 0.661. The molecule has 0 aliphatic rings. The zero-order chi connectivity index (χ0) is 21.2. The molecule has 0 aromatic heterocycles. The van der Waals surface area contributed by atoms with Gasteiger partial charge in [0, 0.05) is 11.5 Å². The highest BCUT2D eigenvalue weighted by atomic mass is 19.1. The summed E-state index contributed by atoms with van der Waals surface area (Å²) < 4.78 is 25.0. The van der Waals surface area contributed by atoms with Gasteiger partial charge in [0.1, 0.15) is 17.0 Å². The molecule has 1 aromatic carbocycles. The molecule has 0 fully saturated rings. The number of rotatable bonds is 3. The van der Waals surface area contributed by atoms with Gasteiger partial charge in [-0.1, -0.05) is 13.8 Å². The van der Waals surface area contributed by atoms with Crippen molar-refractivity contribution in [3.63, 3.8) is 0 Å². The first-order valence-electron chi connectivity index (χ1n) is 8.72. The Hall–Kier alpha value is -2.44. The Labute approximate surface area is 159 Å². The van der Waals surface area contributed by atoms with Gasteiger partial charge in [0.15, 0.2) is 5.78 Å². The average molecular weight is 381 g/mol. The Morgan fingerprint density at radius 1 is 0.926 bits per heavy atom. The fraction of sp³-hybridized carbons (Fsp3) is 0.550. The molecule has 0 saturated heterocycles. The van der Waals surface area contributed by atoms with Crippen molar-refractivity contribution in [2.24, 2.45) is 5.92 Å². The second-order valence-electron chi connectivity index (χ2n) is 8.48. The molecular weight excluding hydrogens is 353 g/mol. The molecule has 150 valence electrons. The van der Waals surface area contributed by atoms with Crippen LogP contribution in [0.15, 0.2) is 18.2 Å². The summed E-state index contributed by atoms with van der Waals surface area (Å²) in [6.45, 7) is 13.1. The maximum atomic E-state index is 14.5. The second kappa shape index (κ2) is 8.06. The number of carbonyl (C=O) groups is 3. The van der Waals surface area contributed by atoms with Crippen LogP contribution in [0.1, 0.15) is 65.7 Å². The van der Waals surface area contributed by atoms with Gasteiger partial charge in [-0.25, -0.2) is 14.0 Å². The molecule has 2 amide bonds. The average Bonchev–Trinajstić information content (AvgIpc) is 2.44. The molecule has 27 heavy (non-hydrogen) atoms. The highest BCUT2D eigenvalue weighted by Gasteiger charge is 2.34. The summed E-state index contributed by atoms with van der Waals surface area (Å²) in [5.41, 5.74) is -2.05. The van der Waals surface area contributed by atoms with Crippen LogP contribution in [0.2, 0.25) is 0 Å². The number of nitrogens with zero attached hydrogens (tertiary/aromatic N) is 1. The molecule has 0 aliphatic carbocycles. The third-order valence-electron chi connectivity index (χ3n) is 3.15. The van der Waals surface area contributed by atoms with E-state index in [-0.39, 0.29) is 17.3 Å². The molecule has 0 spiro atoms. The smallest absolute Gasteiger partial charge is 0.424 e. The summed E-state index contributed by atoms with van der Waals surface area (Å²) in [4.78, 5) is 37.9. The van der Waals surface area contributed by atoms with Gasteiger partial charge in [0.2, 0.25) is 0 Å². The van der Waals surface area contributed by atoms with Gasteiger partial charge in [-0.3, -0.25) is 4.79 Å². The van der Waals surface area contributed by atoms with Crippen molar-refractivity contribution >= 4 is 23.7 Å².